The van der Waals surface area contributed by atoms with Crippen molar-refractivity contribution in [2.45, 2.75) is 86.0 Å². The normalized spacial score (nSPS) is 13.4. The van der Waals surface area contributed by atoms with Gasteiger partial charge in [0, 0.05) is 5.92 Å². The lowest BCUT2D eigenvalue weighted by Crippen LogP contribution is -2.43. The number of hydrogen-bond acceptors (Lipinski definition) is 4. The summed E-state index contributed by atoms with van der Waals surface area (Å²) in [6, 6.07) is 11.9. The van der Waals surface area contributed by atoms with E-state index in [-0.39, 0.29) is 5.92 Å². The Morgan fingerprint density at radius 3 is 1.69 bits per heavy atom. The Hall–Kier alpha value is -2.82. The third-order valence-electron chi connectivity index (χ3n) is 5.64. The zero-order valence-electron chi connectivity index (χ0n) is 20.8. The van der Waals surface area contributed by atoms with Crippen LogP contribution < -0.4 is 5.32 Å². The van der Waals surface area contributed by atoms with Crippen molar-refractivity contribution in [2.24, 2.45) is 0 Å². The first kappa shape index (κ1) is 25.4. The summed E-state index contributed by atoms with van der Waals surface area (Å²) in [5.41, 5.74) is 6.34. The number of rotatable bonds is 6. The van der Waals surface area contributed by atoms with Crippen molar-refractivity contribution >= 4 is 12.1 Å². The van der Waals surface area contributed by atoms with Gasteiger partial charge in [0.2, 0.25) is 0 Å². The molecule has 0 fully saturated rings. The molecular weight excluding hydrogens is 402 g/mol. The first-order valence-corrected chi connectivity index (χ1v) is 11.1. The highest BCUT2D eigenvalue weighted by molar-refractivity contribution is 5.81. The molecule has 0 saturated carbocycles. The van der Waals surface area contributed by atoms with Crippen LogP contribution >= 0.6 is 0 Å². The van der Waals surface area contributed by atoms with Crippen LogP contribution in [0, 0.1) is 27.7 Å². The summed E-state index contributed by atoms with van der Waals surface area (Å²) in [7, 11) is 0. The number of carbonyl (C=O) groups is 2. The standard InChI is InChI=1S/C27H37NO4/c1-16-10-12-22(14-18(16)3)24(23-13-11-17(2)19(4)15-23)21(6)31-25(29)20(5)28-26(30)32-27(7,8)9/h10-15,20-21,24H,1-9H3,(H,28,30)/t20-,21-/m0/s1. The number of benzene rings is 2. The van der Waals surface area contributed by atoms with Gasteiger partial charge in [-0.1, -0.05) is 36.4 Å². The van der Waals surface area contributed by atoms with Crippen molar-refractivity contribution in [3.63, 3.8) is 0 Å². The second-order valence-corrected chi connectivity index (χ2v) is 9.67. The zero-order valence-corrected chi connectivity index (χ0v) is 20.8. The van der Waals surface area contributed by atoms with E-state index in [0.717, 1.165) is 11.1 Å². The van der Waals surface area contributed by atoms with Gasteiger partial charge in [-0.3, -0.25) is 0 Å². The van der Waals surface area contributed by atoms with Crippen LogP contribution in [0.5, 0.6) is 0 Å². The van der Waals surface area contributed by atoms with Crippen LogP contribution in [-0.4, -0.2) is 29.8 Å². The molecule has 2 atom stereocenters. The molecule has 0 heterocycles. The first-order valence-electron chi connectivity index (χ1n) is 11.1. The smallest absolute Gasteiger partial charge is 0.408 e. The van der Waals surface area contributed by atoms with E-state index in [1.54, 1.807) is 27.7 Å². The van der Waals surface area contributed by atoms with Crippen LogP contribution in [0.4, 0.5) is 4.79 Å². The summed E-state index contributed by atoms with van der Waals surface area (Å²) in [5, 5.41) is 2.56. The van der Waals surface area contributed by atoms with Gasteiger partial charge in [0.05, 0.1) is 0 Å². The summed E-state index contributed by atoms with van der Waals surface area (Å²) < 4.78 is 11.1. The Morgan fingerprint density at radius 1 is 0.812 bits per heavy atom. The van der Waals surface area contributed by atoms with Gasteiger partial charge in [-0.05, 0) is 95.7 Å². The fourth-order valence-corrected chi connectivity index (χ4v) is 3.55. The predicted octanol–water partition coefficient (Wildman–Crippen LogP) is 5.90. The minimum Gasteiger partial charge on any atom is -0.460 e. The monoisotopic (exact) mass is 439 g/mol. The highest BCUT2D eigenvalue weighted by atomic mass is 16.6. The Bertz CT molecular complexity index is 923. The van der Waals surface area contributed by atoms with Crippen LogP contribution in [0.15, 0.2) is 36.4 Å². The third kappa shape index (κ3) is 6.84. The quantitative estimate of drug-likeness (QED) is 0.569. The zero-order chi connectivity index (χ0) is 24.2. The molecule has 0 bridgehead atoms. The minimum absolute atomic E-state index is 0.133. The SMILES string of the molecule is Cc1ccc(C(c2ccc(C)c(C)c2)[C@H](C)OC(=O)[C@H](C)NC(=O)OC(C)(C)C)cc1C. The van der Waals surface area contributed by atoms with Crippen LogP contribution in [0.3, 0.4) is 0 Å². The molecule has 32 heavy (non-hydrogen) atoms. The average Bonchev–Trinajstić information content (AvgIpc) is 2.66. The van der Waals surface area contributed by atoms with Crippen molar-refractivity contribution in [3.8, 4) is 0 Å². The van der Waals surface area contributed by atoms with Crippen LogP contribution in [-0.2, 0) is 14.3 Å². The van der Waals surface area contributed by atoms with E-state index in [9.17, 15) is 9.59 Å². The summed E-state index contributed by atoms with van der Waals surface area (Å²) in [5.74, 6) is -0.632. The fourth-order valence-electron chi connectivity index (χ4n) is 3.55. The number of aryl methyl sites for hydroxylation is 4. The average molecular weight is 440 g/mol. The highest BCUT2D eigenvalue weighted by Gasteiger charge is 2.28. The molecule has 5 nitrogen and oxygen atoms in total. The molecule has 2 aromatic rings. The molecule has 2 aromatic carbocycles. The van der Waals surface area contributed by atoms with Gasteiger partial charge in [-0.15, -0.1) is 0 Å². The number of nitrogens with one attached hydrogen (secondary N) is 1. The highest BCUT2D eigenvalue weighted by Crippen LogP contribution is 2.32. The molecule has 0 radical (unpaired) electrons. The molecule has 0 aliphatic rings. The number of carbonyl (C=O) groups excluding carboxylic acids is 2. The Morgan fingerprint density at radius 2 is 1.28 bits per heavy atom. The van der Waals surface area contributed by atoms with Crippen molar-refractivity contribution in [3.05, 3.63) is 69.8 Å². The lowest BCUT2D eigenvalue weighted by atomic mass is 9.84. The molecule has 174 valence electrons. The van der Waals surface area contributed by atoms with Gasteiger partial charge in [0.1, 0.15) is 17.7 Å². The molecule has 5 heteroatoms. The molecular formula is C27H37NO4. The molecule has 0 saturated heterocycles. The van der Waals surface area contributed by atoms with Crippen molar-refractivity contribution in [1.29, 1.82) is 0 Å². The molecule has 0 aliphatic heterocycles. The largest absolute Gasteiger partial charge is 0.460 e. The minimum atomic E-state index is -0.826. The number of esters is 1. The molecule has 1 amide bonds. The summed E-state index contributed by atoms with van der Waals surface area (Å²) in [4.78, 5) is 24.8. The fraction of sp³-hybridized carbons (Fsp3) is 0.481. The maximum Gasteiger partial charge on any atom is 0.408 e. The van der Waals surface area contributed by atoms with Gasteiger partial charge in [-0.25, -0.2) is 9.59 Å². The number of amides is 1. The van der Waals surface area contributed by atoms with Crippen LogP contribution in [0.2, 0.25) is 0 Å². The number of alkyl carbamates (subject to hydrolysis) is 1. The van der Waals surface area contributed by atoms with E-state index in [0.29, 0.717) is 0 Å². The third-order valence-corrected chi connectivity index (χ3v) is 5.64. The van der Waals surface area contributed by atoms with E-state index < -0.39 is 29.8 Å². The molecule has 0 spiro atoms. The van der Waals surface area contributed by atoms with Crippen LogP contribution in [0.1, 0.15) is 73.9 Å². The van der Waals surface area contributed by atoms with E-state index in [2.05, 4.69) is 69.4 Å². The summed E-state index contributed by atoms with van der Waals surface area (Å²) >= 11 is 0. The van der Waals surface area contributed by atoms with E-state index >= 15 is 0 Å². The van der Waals surface area contributed by atoms with Gasteiger partial charge in [0.15, 0.2) is 0 Å². The molecule has 0 unspecified atom stereocenters. The number of hydrogen-bond donors (Lipinski definition) is 1. The Balaban J connectivity index is 2.27. The second-order valence-electron chi connectivity index (χ2n) is 9.67. The Labute approximate surface area is 192 Å². The van der Waals surface area contributed by atoms with E-state index in [4.69, 9.17) is 9.47 Å². The number of ether oxygens (including phenoxy) is 2. The predicted molar refractivity (Wildman–Crippen MR) is 128 cm³/mol. The Kier molecular flexibility index (Phi) is 8.11. The first-order chi connectivity index (χ1) is 14.8. The van der Waals surface area contributed by atoms with Crippen molar-refractivity contribution < 1.29 is 19.1 Å². The maximum absolute atomic E-state index is 12.8. The van der Waals surface area contributed by atoms with E-state index in [1.165, 1.54) is 22.3 Å². The topological polar surface area (TPSA) is 64.6 Å². The molecule has 0 aromatic heterocycles. The van der Waals surface area contributed by atoms with Gasteiger partial charge in [0.25, 0.3) is 0 Å². The van der Waals surface area contributed by atoms with Gasteiger partial charge >= 0.3 is 12.1 Å². The lowest BCUT2D eigenvalue weighted by Gasteiger charge is -2.28. The maximum atomic E-state index is 12.8. The van der Waals surface area contributed by atoms with Crippen molar-refractivity contribution in [1.82, 2.24) is 5.32 Å². The lowest BCUT2D eigenvalue weighted by molar-refractivity contribution is -0.150. The van der Waals surface area contributed by atoms with Gasteiger partial charge in [-0.2, -0.15) is 0 Å². The summed E-state index contributed by atoms with van der Waals surface area (Å²) in [6.45, 7) is 17.1. The van der Waals surface area contributed by atoms with Crippen LogP contribution in [0.25, 0.3) is 0 Å². The van der Waals surface area contributed by atoms with Gasteiger partial charge < -0.3 is 14.8 Å². The second kappa shape index (κ2) is 10.2. The van der Waals surface area contributed by atoms with E-state index in [1.807, 2.05) is 6.92 Å². The molecule has 2 rings (SSSR count). The molecule has 1 N–H and O–H groups in total. The molecule has 0 aliphatic carbocycles. The van der Waals surface area contributed by atoms with Crippen molar-refractivity contribution in [2.75, 3.05) is 0 Å². The summed E-state index contributed by atoms with van der Waals surface area (Å²) in [6.07, 6.45) is -1.08.